The number of anilines is 2. The van der Waals surface area contributed by atoms with E-state index in [2.05, 4.69) is 10.6 Å². The van der Waals surface area contributed by atoms with Gasteiger partial charge in [0.2, 0.25) is 11.8 Å². The maximum absolute atomic E-state index is 11.8. The van der Waals surface area contributed by atoms with Crippen molar-refractivity contribution in [2.24, 2.45) is 0 Å². The Morgan fingerprint density at radius 2 is 1.33 bits per heavy atom. The Morgan fingerprint density at radius 3 is 1.75 bits per heavy atom. The number of hydrogen-bond acceptors (Lipinski definition) is 3. The summed E-state index contributed by atoms with van der Waals surface area (Å²) in [6, 6.07) is 15.8. The topological polar surface area (TPSA) is 82.0 Å². The number of carbonyl (C=O) groups excluding carboxylic acids is 2. The van der Waals surface area contributed by atoms with Crippen molar-refractivity contribution in [1.82, 2.24) is 0 Å². The Morgan fingerprint density at radius 1 is 0.917 bits per heavy atom. The normalized spacial score (nSPS) is 9.08. The summed E-state index contributed by atoms with van der Waals surface area (Å²) >= 11 is 0. The molecule has 0 aliphatic carbocycles. The number of amides is 2. The number of rotatable bonds is 4. The number of aryl methyl sites for hydroxylation is 1. The molecule has 0 radical (unpaired) electrons. The fourth-order valence-electron chi connectivity index (χ4n) is 1.82. The zero-order chi connectivity index (χ0) is 17.9. The second-order valence-corrected chi connectivity index (χ2v) is 4.83. The molecule has 0 bridgehead atoms. The Labute approximate surface area is 145 Å². The Bertz CT molecular complexity index is 724. The summed E-state index contributed by atoms with van der Waals surface area (Å²) in [6.07, 6.45) is -0.270. The van der Waals surface area contributed by atoms with Gasteiger partial charge >= 0.3 is 0 Å². The van der Waals surface area contributed by atoms with Crippen LogP contribution in [0.15, 0.2) is 48.5 Å². The van der Waals surface area contributed by atoms with Crippen molar-refractivity contribution in [3.8, 4) is 6.07 Å². The van der Waals surface area contributed by atoms with Gasteiger partial charge < -0.3 is 10.6 Å². The molecule has 0 saturated heterocycles. The van der Waals surface area contributed by atoms with Crippen LogP contribution >= 0.6 is 0 Å². The smallest absolute Gasteiger partial charge is 0.233 e. The van der Waals surface area contributed by atoms with Crippen LogP contribution in [0.3, 0.4) is 0 Å². The zero-order valence-corrected chi connectivity index (χ0v) is 14.1. The average molecular weight is 327 g/mol. The lowest BCUT2D eigenvalue weighted by molar-refractivity contribution is -0.123. The van der Waals surface area contributed by atoms with E-state index in [-0.39, 0.29) is 15.2 Å². The van der Waals surface area contributed by atoms with Crippen LogP contribution in [0, 0.1) is 18.3 Å². The minimum Gasteiger partial charge on any atom is -0.326 e. The van der Waals surface area contributed by atoms with Crippen molar-refractivity contribution >= 4 is 23.2 Å². The number of carbonyl (C=O) groups is 2. The monoisotopic (exact) mass is 327 g/mol. The molecule has 0 aromatic heterocycles. The van der Waals surface area contributed by atoms with Gasteiger partial charge in [-0.25, -0.2) is 0 Å². The largest absolute Gasteiger partial charge is 0.326 e. The minimum atomic E-state index is -0.408. The molecule has 2 amide bonds. The van der Waals surface area contributed by atoms with Gasteiger partial charge in [0.15, 0.2) is 0 Å². The average Bonchev–Trinajstić information content (AvgIpc) is 2.59. The van der Waals surface area contributed by atoms with Gasteiger partial charge in [-0.05, 0) is 43.3 Å². The SMILES string of the molecule is CC.Cc1ccc(NC(=O)CC(=O)Nc2ccc(C#N)cc2)cc1.[HH].[HH]. The molecule has 2 rings (SSSR count). The summed E-state index contributed by atoms with van der Waals surface area (Å²) in [7, 11) is 0. The first kappa shape index (κ1) is 18.9. The molecule has 0 unspecified atom stereocenters. The number of benzene rings is 2. The fraction of sp³-hybridized carbons (Fsp3) is 0.211. The molecule has 2 aromatic carbocycles. The molecule has 2 N–H and O–H groups in total. The van der Waals surface area contributed by atoms with Gasteiger partial charge in [0.1, 0.15) is 6.42 Å². The number of nitriles is 1. The molecule has 24 heavy (non-hydrogen) atoms. The van der Waals surface area contributed by atoms with Crippen LogP contribution in [0.1, 0.15) is 34.2 Å². The van der Waals surface area contributed by atoms with Crippen LogP contribution in [-0.2, 0) is 9.59 Å². The van der Waals surface area contributed by atoms with E-state index in [1.165, 1.54) is 0 Å². The second-order valence-electron chi connectivity index (χ2n) is 4.83. The highest BCUT2D eigenvalue weighted by Crippen LogP contribution is 2.11. The first-order valence-corrected chi connectivity index (χ1v) is 7.73. The third kappa shape index (κ3) is 6.32. The summed E-state index contributed by atoms with van der Waals surface area (Å²) in [6.45, 7) is 5.95. The van der Waals surface area contributed by atoms with Crippen LogP contribution in [0.2, 0.25) is 0 Å². The highest BCUT2D eigenvalue weighted by atomic mass is 16.2. The molecule has 128 valence electrons. The summed E-state index contributed by atoms with van der Waals surface area (Å²) in [5, 5.41) is 14.0. The Kier molecular flexibility index (Phi) is 7.72. The van der Waals surface area contributed by atoms with Crippen molar-refractivity contribution in [3.05, 3.63) is 59.7 Å². The van der Waals surface area contributed by atoms with E-state index in [4.69, 9.17) is 5.26 Å². The number of nitrogens with one attached hydrogen (secondary N) is 2. The lowest BCUT2D eigenvalue weighted by atomic mass is 10.2. The first-order valence-electron chi connectivity index (χ1n) is 7.73. The van der Waals surface area contributed by atoms with Crippen LogP contribution in [0.5, 0.6) is 0 Å². The lowest BCUT2D eigenvalue weighted by Gasteiger charge is -2.07. The van der Waals surface area contributed by atoms with E-state index in [0.717, 1.165) is 5.56 Å². The molecule has 0 heterocycles. The van der Waals surface area contributed by atoms with Gasteiger partial charge in [0, 0.05) is 14.2 Å². The molecule has 0 aliphatic heterocycles. The summed E-state index contributed by atoms with van der Waals surface area (Å²) < 4.78 is 0. The summed E-state index contributed by atoms with van der Waals surface area (Å²) in [5.41, 5.74) is 2.81. The predicted octanol–water partition coefficient (Wildman–Crippen LogP) is 4.35. The highest BCUT2D eigenvalue weighted by molar-refractivity contribution is 6.08. The number of nitrogens with zero attached hydrogens (tertiary/aromatic N) is 1. The molecule has 5 nitrogen and oxygen atoms in total. The van der Waals surface area contributed by atoms with Crippen LogP contribution < -0.4 is 10.6 Å². The fourth-order valence-corrected chi connectivity index (χ4v) is 1.82. The van der Waals surface area contributed by atoms with Crippen LogP contribution in [0.4, 0.5) is 11.4 Å². The molecule has 0 spiro atoms. The van der Waals surface area contributed by atoms with Crippen molar-refractivity contribution in [1.29, 1.82) is 5.26 Å². The van der Waals surface area contributed by atoms with E-state index in [9.17, 15) is 9.59 Å². The molecule has 0 atom stereocenters. The predicted molar refractivity (Wildman–Crippen MR) is 99.8 cm³/mol. The van der Waals surface area contributed by atoms with Gasteiger partial charge in [-0.3, -0.25) is 9.59 Å². The molecule has 0 aliphatic rings. The second kappa shape index (κ2) is 9.80. The molecular formula is C19H25N3O2. The van der Waals surface area contributed by atoms with Crippen molar-refractivity contribution < 1.29 is 12.4 Å². The molecule has 5 heteroatoms. The van der Waals surface area contributed by atoms with E-state index in [0.29, 0.717) is 16.9 Å². The van der Waals surface area contributed by atoms with Crippen molar-refractivity contribution in [3.63, 3.8) is 0 Å². The zero-order valence-electron chi connectivity index (χ0n) is 14.1. The third-order valence-electron chi connectivity index (χ3n) is 2.95. The Balaban J connectivity index is 0. The van der Waals surface area contributed by atoms with E-state index < -0.39 is 5.91 Å². The van der Waals surface area contributed by atoms with Gasteiger partial charge in [-0.1, -0.05) is 31.5 Å². The maximum atomic E-state index is 11.8. The van der Waals surface area contributed by atoms with E-state index in [1.54, 1.807) is 36.4 Å². The first-order chi connectivity index (χ1) is 11.6. The lowest BCUT2D eigenvalue weighted by Crippen LogP contribution is -2.21. The van der Waals surface area contributed by atoms with Gasteiger partial charge in [-0.15, -0.1) is 0 Å². The molecule has 0 saturated carbocycles. The van der Waals surface area contributed by atoms with Gasteiger partial charge in [0.25, 0.3) is 0 Å². The summed E-state index contributed by atoms with van der Waals surface area (Å²) in [4.78, 5) is 23.6. The van der Waals surface area contributed by atoms with Gasteiger partial charge in [0.05, 0.1) is 11.6 Å². The van der Waals surface area contributed by atoms with Crippen molar-refractivity contribution in [2.75, 3.05) is 10.6 Å². The Hall–Kier alpha value is -3.13. The number of hydrogen-bond donors (Lipinski definition) is 2. The maximum Gasteiger partial charge on any atom is 0.233 e. The van der Waals surface area contributed by atoms with E-state index in [1.807, 2.05) is 39.0 Å². The highest BCUT2D eigenvalue weighted by Gasteiger charge is 2.10. The molecule has 0 fully saturated rings. The van der Waals surface area contributed by atoms with Gasteiger partial charge in [-0.2, -0.15) is 5.26 Å². The molecular weight excluding hydrogens is 302 g/mol. The molecule has 2 aromatic rings. The minimum absolute atomic E-state index is 0. The van der Waals surface area contributed by atoms with Crippen LogP contribution in [-0.4, -0.2) is 11.8 Å². The third-order valence-corrected chi connectivity index (χ3v) is 2.95. The summed E-state index contributed by atoms with van der Waals surface area (Å²) in [5.74, 6) is -0.788. The standard InChI is InChI=1S/C17H15N3O2.C2H6.2H2/c1-12-2-6-14(7-3-12)19-16(21)10-17(22)20-15-8-4-13(11-18)5-9-15;1-2;;/h2-9H,10H2,1H3,(H,19,21)(H,20,22);1-2H3;2*1H. The van der Waals surface area contributed by atoms with Crippen LogP contribution in [0.25, 0.3) is 0 Å². The van der Waals surface area contributed by atoms with E-state index >= 15 is 0 Å². The quantitative estimate of drug-likeness (QED) is 0.819. The van der Waals surface area contributed by atoms with Crippen molar-refractivity contribution in [2.45, 2.75) is 27.2 Å².